The Hall–Kier alpha value is -3.50. The summed E-state index contributed by atoms with van der Waals surface area (Å²) in [5.41, 5.74) is 2.02. The van der Waals surface area contributed by atoms with E-state index in [-0.39, 0.29) is 24.9 Å². The quantitative estimate of drug-likeness (QED) is 0.394. The molecule has 0 unspecified atom stereocenters. The largest absolute Gasteiger partial charge is 0.455 e. The maximum Gasteiger partial charge on any atom is 0.271 e. The Morgan fingerprint density at radius 2 is 2.03 bits per heavy atom. The molecule has 3 aromatic rings. The minimum Gasteiger partial charge on any atom is -0.455 e. The van der Waals surface area contributed by atoms with Gasteiger partial charge in [0, 0.05) is 18.3 Å². The summed E-state index contributed by atoms with van der Waals surface area (Å²) in [6, 6.07) is 8.09. The van der Waals surface area contributed by atoms with Gasteiger partial charge in [0.2, 0.25) is 0 Å². The molecule has 0 fully saturated rings. The number of aliphatic hydroxyl groups is 2. The van der Waals surface area contributed by atoms with E-state index in [1.54, 1.807) is 12.3 Å². The molecule has 36 heavy (non-hydrogen) atoms. The number of rotatable bonds is 10. The van der Waals surface area contributed by atoms with Crippen molar-refractivity contribution in [1.29, 1.82) is 0 Å². The number of fused-ring (bicyclic) bond motifs is 1. The van der Waals surface area contributed by atoms with Crippen LogP contribution in [-0.4, -0.2) is 48.4 Å². The maximum atomic E-state index is 13.1. The summed E-state index contributed by atoms with van der Waals surface area (Å²) in [5.74, 6) is 1.06. The predicted molar refractivity (Wildman–Crippen MR) is 134 cm³/mol. The summed E-state index contributed by atoms with van der Waals surface area (Å²) in [6.07, 6.45) is 6.75. The zero-order valence-electron chi connectivity index (χ0n) is 20.6. The van der Waals surface area contributed by atoms with Crippen LogP contribution >= 0.6 is 0 Å². The van der Waals surface area contributed by atoms with Gasteiger partial charge < -0.3 is 20.3 Å². The fourth-order valence-corrected chi connectivity index (χ4v) is 4.44. The van der Waals surface area contributed by atoms with E-state index in [0.717, 1.165) is 31.4 Å². The Morgan fingerprint density at radius 3 is 2.78 bits per heavy atom. The third kappa shape index (κ3) is 6.19. The average molecular weight is 496 g/mol. The van der Waals surface area contributed by atoms with Gasteiger partial charge in [-0.2, -0.15) is 10.2 Å². The van der Waals surface area contributed by atoms with Gasteiger partial charge >= 0.3 is 0 Å². The molecule has 1 amide bonds. The molecule has 192 valence electrons. The number of benzene rings is 1. The highest BCUT2D eigenvalue weighted by Crippen LogP contribution is 2.32. The lowest BCUT2D eigenvalue weighted by Gasteiger charge is -2.21. The van der Waals surface area contributed by atoms with Crippen molar-refractivity contribution >= 4 is 11.7 Å². The Labute approximate surface area is 209 Å². The molecule has 1 aliphatic rings. The van der Waals surface area contributed by atoms with Gasteiger partial charge in [-0.25, -0.2) is 4.68 Å². The van der Waals surface area contributed by atoms with Crippen molar-refractivity contribution in [2.24, 2.45) is 5.92 Å². The van der Waals surface area contributed by atoms with Gasteiger partial charge in [0.25, 0.3) is 11.5 Å². The first-order valence-corrected chi connectivity index (χ1v) is 12.3. The maximum absolute atomic E-state index is 13.1. The second-order valence-electron chi connectivity index (χ2n) is 9.57. The summed E-state index contributed by atoms with van der Waals surface area (Å²) >= 11 is 0. The number of hydrogen-bond donors (Lipinski definition) is 3. The van der Waals surface area contributed by atoms with Crippen LogP contribution in [0, 0.1) is 5.92 Å². The standard InChI is InChI=1S/C26H33N5O5/c1-17(2)12-22(26(35)28-24-10-11-30(29-24)15-19(33)16-32)31-25(34)13-20(14-27-31)36-23-9-5-7-18-6-3-4-8-21(18)23/h5,7,9-11,13-14,17,19,22,32-33H,3-4,6,8,12,15-16H2,1-2H3,(H,28,29,35)/t19-,22+/m1/s1. The number of amides is 1. The number of anilines is 1. The molecule has 1 aliphatic carbocycles. The first kappa shape index (κ1) is 25.6. The number of aryl methyl sites for hydroxylation is 1. The normalized spacial score (nSPS) is 14.8. The van der Waals surface area contributed by atoms with E-state index < -0.39 is 23.6 Å². The van der Waals surface area contributed by atoms with E-state index in [4.69, 9.17) is 9.84 Å². The molecular formula is C26H33N5O5. The second-order valence-corrected chi connectivity index (χ2v) is 9.57. The van der Waals surface area contributed by atoms with Crippen molar-refractivity contribution in [2.45, 2.75) is 64.6 Å². The molecule has 0 spiro atoms. The molecule has 0 aliphatic heterocycles. The van der Waals surface area contributed by atoms with E-state index >= 15 is 0 Å². The molecule has 10 heteroatoms. The first-order valence-electron chi connectivity index (χ1n) is 12.3. The predicted octanol–water partition coefficient (Wildman–Crippen LogP) is 2.69. The molecule has 2 aromatic heterocycles. The molecule has 0 saturated carbocycles. The third-order valence-electron chi connectivity index (χ3n) is 6.17. The summed E-state index contributed by atoms with van der Waals surface area (Å²) in [6.45, 7) is 3.63. The SMILES string of the molecule is CC(C)C[C@@H](C(=O)Nc1ccn(C[C@@H](O)CO)n1)n1ncc(Oc2cccc3c2CCCC3)cc1=O. The Bertz CT molecular complexity index is 1250. The molecule has 2 heterocycles. The molecule has 1 aromatic carbocycles. The number of nitrogens with zero attached hydrogens (tertiary/aromatic N) is 4. The fourth-order valence-electron chi connectivity index (χ4n) is 4.44. The zero-order chi connectivity index (χ0) is 25.7. The van der Waals surface area contributed by atoms with Crippen LogP contribution in [-0.2, 0) is 24.2 Å². The molecule has 10 nitrogen and oxygen atoms in total. The van der Waals surface area contributed by atoms with Gasteiger partial charge in [-0.3, -0.25) is 14.3 Å². The van der Waals surface area contributed by atoms with E-state index in [2.05, 4.69) is 21.6 Å². The van der Waals surface area contributed by atoms with Gasteiger partial charge in [0.05, 0.1) is 25.5 Å². The van der Waals surface area contributed by atoms with E-state index in [0.29, 0.717) is 12.2 Å². The third-order valence-corrected chi connectivity index (χ3v) is 6.17. The van der Waals surface area contributed by atoms with Crippen LogP contribution < -0.4 is 15.6 Å². The van der Waals surface area contributed by atoms with Crippen LogP contribution in [0.3, 0.4) is 0 Å². The highest BCUT2D eigenvalue weighted by atomic mass is 16.5. The topological polar surface area (TPSA) is 132 Å². The molecule has 4 rings (SSSR count). The number of ether oxygens (including phenoxy) is 1. The lowest BCUT2D eigenvalue weighted by molar-refractivity contribution is -0.120. The van der Waals surface area contributed by atoms with Crippen LogP contribution in [0.2, 0.25) is 0 Å². The van der Waals surface area contributed by atoms with Gasteiger partial charge in [0.15, 0.2) is 11.6 Å². The number of aliphatic hydroxyl groups excluding tert-OH is 2. The number of hydrogen-bond acceptors (Lipinski definition) is 7. The van der Waals surface area contributed by atoms with Crippen LogP contribution in [0.5, 0.6) is 11.5 Å². The number of nitrogens with one attached hydrogen (secondary N) is 1. The van der Waals surface area contributed by atoms with Crippen molar-refractivity contribution < 1.29 is 19.7 Å². The molecule has 3 N–H and O–H groups in total. The first-order chi connectivity index (χ1) is 17.3. The summed E-state index contributed by atoms with van der Waals surface area (Å²) < 4.78 is 8.64. The number of carbonyl (C=O) groups is 1. The van der Waals surface area contributed by atoms with E-state index in [9.17, 15) is 14.7 Å². The van der Waals surface area contributed by atoms with Gasteiger partial charge in [-0.1, -0.05) is 26.0 Å². The Kier molecular flexibility index (Phi) is 8.17. The van der Waals surface area contributed by atoms with Crippen LogP contribution in [0.25, 0.3) is 0 Å². The lowest BCUT2D eigenvalue weighted by Crippen LogP contribution is -2.35. The van der Waals surface area contributed by atoms with Crippen molar-refractivity contribution in [3.05, 3.63) is 64.2 Å². The van der Waals surface area contributed by atoms with Crippen molar-refractivity contribution in [2.75, 3.05) is 11.9 Å². The molecular weight excluding hydrogens is 462 g/mol. The lowest BCUT2D eigenvalue weighted by atomic mass is 9.91. The van der Waals surface area contributed by atoms with Gasteiger partial charge in [-0.05, 0) is 55.2 Å². The Morgan fingerprint density at radius 1 is 1.22 bits per heavy atom. The van der Waals surface area contributed by atoms with E-state index in [1.807, 2.05) is 26.0 Å². The summed E-state index contributed by atoms with van der Waals surface area (Å²) in [7, 11) is 0. The van der Waals surface area contributed by atoms with Crippen LogP contribution in [0.1, 0.15) is 50.3 Å². The van der Waals surface area contributed by atoms with Gasteiger partial charge in [-0.15, -0.1) is 0 Å². The molecule has 0 radical (unpaired) electrons. The average Bonchev–Trinajstić information content (AvgIpc) is 3.29. The number of carbonyl (C=O) groups excluding carboxylic acids is 1. The smallest absolute Gasteiger partial charge is 0.271 e. The second kappa shape index (κ2) is 11.5. The minimum absolute atomic E-state index is 0.0922. The monoisotopic (exact) mass is 495 g/mol. The van der Waals surface area contributed by atoms with E-state index in [1.165, 1.54) is 32.8 Å². The molecule has 0 bridgehead atoms. The highest BCUT2D eigenvalue weighted by molar-refractivity contribution is 5.92. The van der Waals surface area contributed by atoms with Crippen molar-refractivity contribution in [3.63, 3.8) is 0 Å². The molecule has 0 saturated heterocycles. The van der Waals surface area contributed by atoms with Crippen LogP contribution in [0.15, 0.2) is 47.5 Å². The van der Waals surface area contributed by atoms with Crippen molar-refractivity contribution in [1.82, 2.24) is 19.6 Å². The minimum atomic E-state index is -0.952. The van der Waals surface area contributed by atoms with Crippen LogP contribution in [0.4, 0.5) is 5.82 Å². The zero-order valence-corrected chi connectivity index (χ0v) is 20.6. The summed E-state index contributed by atoms with van der Waals surface area (Å²) in [5, 5.41) is 29.8. The Balaban J connectivity index is 1.52. The number of aromatic nitrogens is 4. The highest BCUT2D eigenvalue weighted by Gasteiger charge is 2.25. The fraction of sp³-hybridized carbons (Fsp3) is 0.462. The molecule has 2 atom stereocenters. The van der Waals surface area contributed by atoms with Gasteiger partial charge in [0.1, 0.15) is 11.8 Å². The summed E-state index contributed by atoms with van der Waals surface area (Å²) in [4.78, 5) is 26.2. The van der Waals surface area contributed by atoms with Crippen molar-refractivity contribution in [3.8, 4) is 11.5 Å².